The number of aromatic nitrogens is 3. The number of nitrogens with one attached hydrogen (secondary N) is 2. The molecule has 2 N–H and O–H groups in total. The topological polar surface area (TPSA) is 72.1 Å². The van der Waals surface area contributed by atoms with Gasteiger partial charge < -0.3 is 14.8 Å². The minimum absolute atomic E-state index is 0.0798. The summed E-state index contributed by atoms with van der Waals surface area (Å²) in [6, 6.07) is 6.20. The lowest BCUT2D eigenvalue weighted by atomic mass is 9.98. The van der Waals surface area contributed by atoms with E-state index in [2.05, 4.69) is 47.3 Å². The number of methoxy groups -OCH3 is 1. The molecule has 29 heavy (non-hydrogen) atoms. The molecule has 0 aliphatic carbocycles. The van der Waals surface area contributed by atoms with E-state index in [0.717, 1.165) is 63.8 Å². The number of hydrogen-bond donors (Lipinski definition) is 2. The number of ether oxygens (including phenoxy) is 2. The van der Waals surface area contributed by atoms with Crippen LogP contribution in [0.4, 0.5) is 11.5 Å². The number of H-pyrrole nitrogens is 1. The van der Waals surface area contributed by atoms with Crippen molar-refractivity contribution in [2.24, 2.45) is 0 Å². The van der Waals surface area contributed by atoms with Crippen molar-refractivity contribution in [2.75, 3.05) is 19.0 Å². The molecule has 3 heterocycles. The van der Waals surface area contributed by atoms with Crippen LogP contribution >= 0.6 is 11.8 Å². The van der Waals surface area contributed by atoms with Crippen LogP contribution in [0.3, 0.4) is 0 Å². The second-order valence-corrected chi connectivity index (χ2v) is 9.51. The summed E-state index contributed by atoms with van der Waals surface area (Å²) in [6.07, 6.45) is 3.87. The Balaban J connectivity index is 1.70. The Morgan fingerprint density at radius 3 is 2.83 bits per heavy atom. The van der Waals surface area contributed by atoms with Gasteiger partial charge >= 0.3 is 0 Å². The van der Waals surface area contributed by atoms with Gasteiger partial charge in [0.15, 0.2) is 5.82 Å². The Morgan fingerprint density at radius 1 is 1.31 bits per heavy atom. The van der Waals surface area contributed by atoms with E-state index >= 15 is 0 Å². The largest absolute Gasteiger partial charge is 0.496 e. The summed E-state index contributed by atoms with van der Waals surface area (Å²) in [5, 5.41) is 12.4. The van der Waals surface area contributed by atoms with E-state index in [-0.39, 0.29) is 5.60 Å². The van der Waals surface area contributed by atoms with Crippen molar-refractivity contribution in [1.82, 2.24) is 15.2 Å². The zero-order valence-corrected chi connectivity index (χ0v) is 18.4. The van der Waals surface area contributed by atoms with Crippen LogP contribution in [0.5, 0.6) is 5.75 Å². The molecule has 1 saturated heterocycles. The number of aryl methyl sites for hydroxylation is 1. The summed E-state index contributed by atoms with van der Waals surface area (Å²) >= 11 is 1.87. The molecule has 1 unspecified atom stereocenters. The first-order chi connectivity index (χ1) is 13.9. The molecule has 1 aliphatic rings. The lowest BCUT2D eigenvalue weighted by Crippen LogP contribution is -2.35. The summed E-state index contributed by atoms with van der Waals surface area (Å²) in [5.74, 6) is 1.70. The van der Waals surface area contributed by atoms with Crippen LogP contribution in [0.1, 0.15) is 37.9 Å². The van der Waals surface area contributed by atoms with Gasteiger partial charge in [0, 0.05) is 40.8 Å². The van der Waals surface area contributed by atoms with Crippen LogP contribution in [0.15, 0.2) is 29.3 Å². The summed E-state index contributed by atoms with van der Waals surface area (Å²) in [6.45, 7) is 9.20. The Hall–Kier alpha value is -2.25. The highest BCUT2D eigenvalue weighted by atomic mass is 32.2. The number of aromatic amines is 1. The minimum Gasteiger partial charge on any atom is -0.496 e. The first-order valence-electron chi connectivity index (χ1n) is 9.92. The molecule has 1 fully saturated rings. The number of anilines is 2. The van der Waals surface area contributed by atoms with Crippen LogP contribution in [-0.2, 0) is 4.74 Å². The average molecular weight is 413 g/mol. The van der Waals surface area contributed by atoms with Gasteiger partial charge in [0.05, 0.1) is 28.8 Å². The van der Waals surface area contributed by atoms with E-state index in [0.29, 0.717) is 5.25 Å². The molecule has 1 aliphatic heterocycles. The highest BCUT2D eigenvalue weighted by Crippen LogP contribution is 2.42. The van der Waals surface area contributed by atoms with Gasteiger partial charge in [-0.05, 0) is 52.7 Å². The fraction of sp³-hybridized carbons (Fsp3) is 0.455. The lowest BCUT2D eigenvalue weighted by molar-refractivity contribution is -0.0485. The third-order valence-electron chi connectivity index (χ3n) is 5.48. The van der Waals surface area contributed by atoms with Crippen LogP contribution < -0.4 is 10.1 Å². The third-order valence-corrected chi connectivity index (χ3v) is 6.79. The molecule has 3 aromatic rings. The van der Waals surface area contributed by atoms with Crippen molar-refractivity contribution in [3.8, 4) is 5.75 Å². The van der Waals surface area contributed by atoms with Crippen molar-refractivity contribution in [1.29, 1.82) is 0 Å². The minimum atomic E-state index is -0.0798. The van der Waals surface area contributed by atoms with Crippen molar-refractivity contribution in [2.45, 2.75) is 56.3 Å². The standard InChI is InChI=1S/C22H28N4O2S/c1-13-14(2)25-26-21(13)24-17-6-8-23-18-11-19(27-5)20(10-16(17)18)29-15-7-9-28-22(3,4)12-15/h6,8,10-11,15H,7,9,12H2,1-5H3,(H2,23,24,25,26). The Labute approximate surface area is 175 Å². The van der Waals surface area contributed by atoms with Crippen molar-refractivity contribution >= 4 is 34.2 Å². The SMILES string of the molecule is COc1cc2nccc(Nc3n[nH]c(C)c3C)c2cc1SC1CCOC(C)(C)C1. The molecule has 2 aromatic heterocycles. The van der Waals surface area contributed by atoms with Crippen LogP contribution in [0.25, 0.3) is 10.9 Å². The fourth-order valence-electron chi connectivity index (χ4n) is 3.70. The third kappa shape index (κ3) is 4.21. The molecule has 0 spiro atoms. The van der Waals surface area contributed by atoms with E-state index < -0.39 is 0 Å². The molecular weight excluding hydrogens is 384 g/mol. The Kier molecular flexibility index (Phi) is 5.44. The second kappa shape index (κ2) is 7.88. The van der Waals surface area contributed by atoms with E-state index in [1.54, 1.807) is 7.11 Å². The molecule has 7 heteroatoms. The number of nitrogens with zero attached hydrogens (tertiary/aromatic N) is 2. The molecular formula is C22H28N4O2S. The summed E-state index contributed by atoms with van der Waals surface area (Å²) in [7, 11) is 1.72. The second-order valence-electron chi connectivity index (χ2n) is 8.17. The highest BCUT2D eigenvalue weighted by Gasteiger charge is 2.30. The van der Waals surface area contributed by atoms with E-state index in [1.165, 1.54) is 0 Å². The number of thioether (sulfide) groups is 1. The molecule has 6 nitrogen and oxygen atoms in total. The van der Waals surface area contributed by atoms with Gasteiger partial charge in [-0.15, -0.1) is 11.8 Å². The lowest BCUT2D eigenvalue weighted by Gasteiger charge is -2.35. The van der Waals surface area contributed by atoms with Crippen LogP contribution in [0.2, 0.25) is 0 Å². The monoisotopic (exact) mass is 412 g/mol. The van der Waals surface area contributed by atoms with Crippen LogP contribution in [-0.4, -0.2) is 39.7 Å². The highest BCUT2D eigenvalue weighted by molar-refractivity contribution is 8.00. The molecule has 154 valence electrons. The van der Waals surface area contributed by atoms with Gasteiger partial charge in [0.1, 0.15) is 5.75 Å². The molecule has 1 atom stereocenters. The number of hydrogen-bond acceptors (Lipinski definition) is 6. The maximum Gasteiger partial charge on any atom is 0.155 e. The van der Waals surface area contributed by atoms with Gasteiger partial charge in [-0.25, -0.2) is 0 Å². The molecule has 0 saturated carbocycles. The predicted molar refractivity (Wildman–Crippen MR) is 119 cm³/mol. The van der Waals surface area contributed by atoms with E-state index in [1.807, 2.05) is 37.0 Å². The first kappa shape index (κ1) is 20.0. The number of rotatable bonds is 5. The normalized spacial score (nSPS) is 18.7. The molecule has 0 bridgehead atoms. The first-order valence-corrected chi connectivity index (χ1v) is 10.8. The maximum atomic E-state index is 5.88. The zero-order valence-electron chi connectivity index (χ0n) is 17.6. The number of fused-ring (bicyclic) bond motifs is 1. The Morgan fingerprint density at radius 2 is 2.14 bits per heavy atom. The van der Waals surface area contributed by atoms with Gasteiger partial charge in [0.2, 0.25) is 0 Å². The van der Waals surface area contributed by atoms with Crippen LogP contribution in [0, 0.1) is 13.8 Å². The molecule has 0 radical (unpaired) electrons. The fourth-order valence-corrected chi connectivity index (χ4v) is 5.21. The van der Waals surface area contributed by atoms with Gasteiger partial charge in [-0.1, -0.05) is 0 Å². The maximum absolute atomic E-state index is 5.88. The van der Waals surface area contributed by atoms with Gasteiger partial charge in [0.25, 0.3) is 0 Å². The zero-order chi connectivity index (χ0) is 20.6. The van der Waals surface area contributed by atoms with Gasteiger partial charge in [-0.2, -0.15) is 5.10 Å². The Bertz CT molecular complexity index is 1030. The van der Waals surface area contributed by atoms with E-state index in [4.69, 9.17) is 9.47 Å². The molecule has 0 amide bonds. The molecule has 1 aromatic carbocycles. The van der Waals surface area contributed by atoms with E-state index in [9.17, 15) is 0 Å². The number of benzene rings is 1. The summed E-state index contributed by atoms with van der Waals surface area (Å²) in [5.41, 5.74) is 3.98. The predicted octanol–water partition coefficient (Wildman–Crippen LogP) is 5.38. The van der Waals surface area contributed by atoms with Crippen molar-refractivity contribution in [3.05, 3.63) is 35.7 Å². The summed E-state index contributed by atoms with van der Waals surface area (Å²) in [4.78, 5) is 5.69. The molecule has 4 rings (SSSR count). The van der Waals surface area contributed by atoms with Gasteiger partial charge in [-0.3, -0.25) is 10.1 Å². The average Bonchev–Trinajstić information content (AvgIpc) is 2.99. The van der Waals surface area contributed by atoms with Crippen molar-refractivity contribution in [3.63, 3.8) is 0 Å². The summed E-state index contributed by atoms with van der Waals surface area (Å²) < 4.78 is 11.6. The van der Waals surface area contributed by atoms with Crippen molar-refractivity contribution < 1.29 is 9.47 Å². The smallest absolute Gasteiger partial charge is 0.155 e. The number of pyridine rings is 1. The quantitative estimate of drug-likeness (QED) is 0.586.